The van der Waals surface area contributed by atoms with E-state index in [9.17, 15) is 13.6 Å². The first-order chi connectivity index (χ1) is 12.0. The largest absolute Gasteiger partial charge is 0.353 e. The standard InChI is InChI=1S/C18H18F2N4O/c1-23-7-6-13(10-23)24-17-5-3-12(9-16(17)22-18(24)25)21-15-4-2-11(19)8-14(15)20/h2-5,8-9,13,21H,6-7,10H2,1H3,(H,22,25). The van der Waals surface area contributed by atoms with Gasteiger partial charge in [0.05, 0.1) is 22.8 Å². The minimum Gasteiger partial charge on any atom is -0.353 e. The highest BCUT2D eigenvalue weighted by molar-refractivity contribution is 5.81. The highest BCUT2D eigenvalue weighted by Crippen LogP contribution is 2.26. The first-order valence-electron chi connectivity index (χ1n) is 8.16. The van der Waals surface area contributed by atoms with Crippen molar-refractivity contribution in [3.05, 3.63) is 58.5 Å². The third-order valence-corrected chi connectivity index (χ3v) is 4.66. The van der Waals surface area contributed by atoms with Gasteiger partial charge >= 0.3 is 5.69 Å². The summed E-state index contributed by atoms with van der Waals surface area (Å²) < 4.78 is 28.6. The fraction of sp³-hybridized carbons (Fsp3) is 0.278. The summed E-state index contributed by atoms with van der Waals surface area (Å²) in [7, 11) is 2.04. The molecule has 7 heteroatoms. The summed E-state index contributed by atoms with van der Waals surface area (Å²) in [5.74, 6) is -1.29. The minimum absolute atomic E-state index is 0.139. The molecule has 1 fully saturated rings. The number of fused-ring (bicyclic) bond motifs is 1. The Bertz CT molecular complexity index is 994. The van der Waals surface area contributed by atoms with E-state index in [1.54, 1.807) is 16.7 Å². The Morgan fingerprint density at radius 2 is 2.04 bits per heavy atom. The van der Waals surface area contributed by atoms with E-state index in [0.717, 1.165) is 31.1 Å². The molecule has 5 nitrogen and oxygen atoms in total. The lowest BCUT2D eigenvalue weighted by Gasteiger charge is -2.13. The number of aromatic amines is 1. The van der Waals surface area contributed by atoms with Crippen molar-refractivity contribution in [2.24, 2.45) is 0 Å². The van der Waals surface area contributed by atoms with Gasteiger partial charge < -0.3 is 15.2 Å². The van der Waals surface area contributed by atoms with Crippen LogP contribution in [0.5, 0.6) is 0 Å². The van der Waals surface area contributed by atoms with Crippen molar-refractivity contribution >= 4 is 22.4 Å². The number of anilines is 2. The molecule has 4 rings (SSSR count). The number of hydrogen-bond acceptors (Lipinski definition) is 3. The van der Waals surface area contributed by atoms with Crippen LogP contribution in [0, 0.1) is 11.6 Å². The molecule has 1 aromatic heterocycles. The van der Waals surface area contributed by atoms with Crippen molar-refractivity contribution in [1.29, 1.82) is 0 Å². The first-order valence-corrected chi connectivity index (χ1v) is 8.16. The number of rotatable bonds is 3. The SMILES string of the molecule is CN1CCC(n2c(=O)[nH]c3cc(Nc4ccc(F)cc4F)ccc32)C1. The monoisotopic (exact) mass is 344 g/mol. The summed E-state index contributed by atoms with van der Waals surface area (Å²) in [6.45, 7) is 1.81. The molecule has 0 bridgehead atoms. The van der Waals surface area contributed by atoms with Crippen LogP contribution in [0.25, 0.3) is 11.0 Å². The number of H-pyrrole nitrogens is 1. The molecule has 1 aliphatic heterocycles. The summed E-state index contributed by atoms with van der Waals surface area (Å²) in [6.07, 6.45) is 0.935. The molecule has 1 saturated heterocycles. The minimum atomic E-state index is -0.667. The van der Waals surface area contributed by atoms with E-state index in [0.29, 0.717) is 11.2 Å². The van der Waals surface area contributed by atoms with Gasteiger partial charge in [0.1, 0.15) is 11.6 Å². The van der Waals surface area contributed by atoms with Crippen LogP contribution in [0.15, 0.2) is 41.2 Å². The summed E-state index contributed by atoms with van der Waals surface area (Å²) in [4.78, 5) is 17.4. The van der Waals surface area contributed by atoms with Crippen LogP contribution in [0.3, 0.4) is 0 Å². The number of halogens is 2. The summed E-state index contributed by atoms with van der Waals surface area (Å²) >= 11 is 0. The van der Waals surface area contributed by atoms with E-state index >= 15 is 0 Å². The van der Waals surface area contributed by atoms with Crippen molar-refractivity contribution in [2.45, 2.75) is 12.5 Å². The maximum absolute atomic E-state index is 13.8. The fourth-order valence-electron chi connectivity index (χ4n) is 3.44. The molecule has 1 aliphatic rings. The molecule has 2 aromatic carbocycles. The number of likely N-dealkylation sites (N-methyl/N-ethyl adjacent to an activating group) is 1. The molecule has 2 N–H and O–H groups in total. The quantitative estimate of drug-likeness (QED) is 0.767. The highest BCUT2D eigenvalue weighted by Gasteiger charge is 2.24. The predicted molar refractivity (Wildman–Crippen MR) is 93.4 cm³/mol. The topological polar surface area (TPSA) is 53.1 Å². The highest BCUT2D eigenvalue weighted by atomic mass is 19.1. The molecule has 3 aromatic rings. The van der Waals surface area contributed by atoms with Gasteiger partial charge in [-0.15, -0.1) is 0 Å². The van der Waals surface area contributed by atoms with Gasteiger partial charge in [-0.1, -0.05) is 0 Å². The predicted octanol–water partition coefficient (Wildman–Crippen LogP) is 3.23. The molecule has 25 heavy (non-hydrogen) atoms. The Balaban J connectivity index is 1.68. The van der Waals surface area contributed by atoms with E-state index in [4.69, 9.17) is 0 Å². The van der Waals surface area contributed by atoms with Crippen molar-refractivity contribution in [1.82, 2.24) is 14.5 Å². The van der Waals surface area contributed by atoms with Crippen molar-refractivity contribution in [2.75, 3.05) is 25.5 Å². The molecular formula is C18H18F2N4O. The number of aromatic nitrogens is 2. The van der Waals surface area contributed by atoms with Gasteiger partial charge in [0.25, 0.3) is 0 Å². The van der Waals surface area contributed by atoms with Gasteiger partial charge in [0.2, 0.25) is 0 Å². The summed E-state index contributed by atoms with van der Waals surface area (Å²) in [5, 5.41) is 2.92. The number of nitrogens with one attached hydrogen (secondary N) is 2. The van der Waals surface area contributed by atoms with Crippen LogP contribution >= 0.6 is 0 Å². The van der Waals surface area contributed by atoms with Crippen LogP contribution in [-0.2, 0) is 0 Å². The number of likely N-dealkylation sites (tertiary alicyclic amines) is 1. The van der Waals surface area contributed by atoms with Crippen LogP contribution < -0.4 is 11.0 Å². The lowest BCUT2D eigenvalue weighted by molar-refractivity contribution is 0.392. The molecule has 0 saturated carbocycles. The van der Waals surface area contributed by atoms with E-state index in [1.165, 1.54) is 12.1 Å². The van der Waals surface area contributed by atoms with Gasteiger partial charge in [0, 0.05) is 18.3 Å². The molecule has 0 amide bonds. The van der Waals surface area contributed by atoms with E-state index in [2.05, 4.69) is 15.2 Å². The smallest absolute Gasteiger partial charge is 0.326 e. The first kappa shape index (κ1) is 15.8. The maximum atomic E-state index is 13.8. The molecule has 0 aliphatic carbocycles. The van der Waals surface area contributed by atoms with E-state index in [1.807, 2.05) is 13.1 Å². The molecule has 0 radical (unpaired) electrons. The molecular weight excluding hydrogens is 326 g/mol. The third kappa shape index (κ3) is 2.91. The van der Waals surface area contributed by atoms with Crippen LogP contribution in [0.1, 0.15) is 12.5 Å². The second-order valence-electron chi connectivity index (χ2n) is 6.49. The average Bonchev–Trinajstić information content (AvgIpc) is 3.11. The van der Waals surface area contributed by atoms with Crippen molar-refractivity contribution < 1.29 is 8.78 Å². The van der Waals surface area contributed by atoms with Gasteiger partial charge in [-0.3, -0.25) is 4.57 Å². The lowest BCUT2D eigenvalue weighted by atomic mass is 10.2. The summed E-state index contributed by atoms with van der Waals surface area (Å²) in [5.41, 5.74) is 2.18. The Kier molecular flexibility index (Phi) is 3.80. The number of imidazole rings is 1. The number of hydrogen-bond donors (Lipinski definition) is 2. The van der Waals surface area contributed by atoms with Gasteiger partial charge in [-0.05, 0) is 50.3 Å². The van der Waals surface area contributed by atoms with Crippen LogP contribution in [-0.4, -0.2) is 34.6 Å². The van der Waals surface area contributed by atoms with Crippen LogP contribution in [0.4, 0.5) is 20.2 Å². The zero-order valence-corrected chi connectivity index (χ0v) is 13.7. The van der Waals surface area contributed by atoms with Crippen LogP contribution in [0.2, 0.25) is 0 Å². The Hall–Kier alpha value is -2.67. The average molecular weight is 344 g/mol. The van der Waals surface area contributed by atoms with E-state index in [-0.39, 0.29) is 17.4 Å². The van der Waals surface area contributed by atoms with E-state index < -0.39 is 11.6 Å². The second kappa shape index (κ2) is 6.00. The maximum Gasteiger partial charge on any atom is 0.326 e. The molecule has 2 heterocycles. The summed E-state index contributed by atoms with van der Waals surface area (Å²) in [6, 6.07) is 8.91. The van der Waals surface area contributed by atoms with Crippen molar-refractivity contribution in [3.63, 3.8) is 0 Å². The second-order valence-corrected chi connectivity index (χ2v) is 6.49. The number of benzene rings is 2. The third-order valence-electron chi connectivity index (χ3n) is 4.66. The zero-order chi connectivity index (χ0) is 17.6. The van der Waals surface area contributed by atoms with Gasteiger partial charge in [0.15, 0.2) is 0 Å². The normalized spacial score (nSPS) is 18.1. The van der Waals surface area contributed by atoms with Gasteiger partial charge in [-0.25, -0.2) is 13.6 Å². The molecule has 0 spiro atoms. The fourth-order valence-corrected chi connectivity index (χ4v) is 3.44. The van der Waals surface area contributed by atoms with Crippen molar-refractivity contribution in [3.8, 4) is 0 Å². The molecule has 130 valence electrons. The number of nitrogens with zero attached hydrogens (tertiary/aromatic N) is 2. The lowest BCUT2D eigenvalue weighted by Crippen LogP contribution is -2.24. The Labute approximate surface area is 142 Å². The Morgan fingerprint density at radius 3 is 2.76 bits per heavy atom. The van der Waals surface area contributed by atoms with Gasteiger partial charge in [-0.2, -0.15) is 0 Å². The molecule has 1 unspecified atom stereocenters. The Morgan fingerprint density at radius 1 is 1.20 bits per heavy atom. The zero-order valence-electron chi connectivity index (χ0n) is 13.7. The molecule has 1 atom stereocenters.